The predicted molar refractivity (Wildman–Crippen MR) is 158 cm³/mol. The predicted octanol–water partition coefficient (Wildman–Crippen LogP) is 3.29. The molecule has 1 aromatic heterocycles. The fourth-order valence-corrected chi connectivity index (χ4v) is 8.14. The van der Waals surface area contributed by atoms with Crippen LogP contribution in [0.25, 0.3) is 10.4 Å². The lowest BCUT2D eigenvalue weighted by atomic mass is 9.57. The van der Waals surface area contributed by atoms with Gasteiger partial charge in [-0.2, -0.15) is 0 Å². The number of fused-ring (bicyclic) bond motifs is 3. The van der Waals surface area contributed by atoms with Crippen molar-refractivity contribution < 1.29 is 29.7 Å². The van der Waals surface area contributed by atoms with Crippen LogP contribution in [0.3, 0.4) is 0 Å². The first kappa shape index (κ1) is 28.2. The summed E-state index contributed by atoms with van der Waals surface area (Å²) >= 11 is 3.60. The van der Waals surface area contributed by atoms with Crippen LogP contribution in [0.1, 0.15) is 22.3 Å². The van der Waals surface area contributed by atoms with E-state index >= 15 is 0 Å². The molecule has 0 saturated carbocycles. The van der Waals surface area contributed by atoms with Crippen LogP contribution in [0.4, 0.5) is 5.69 Å². The van der Waals surface area contributed by atoms with E-state index in [0.717, 1.165) is 7.76 Å². The molecule has 5 N–H and O–H groups in total. The number of aliphatic hydroxyl groups is 2. The van der Waals surface area contributed by atoms with Crippen molar-refractivity contribution in [3.05, 3.63) is 59.8 Å². The number of thiophene rings is 1. The monoisotopic (exact) mass is 678 g/mol. The van der Waals surface area contributed by atoms with Crippen LogP contribution in [-0.2, 0) is 16.0 Å². The second-order valence-electron chi connectivity index (χ2n) is 10.7. The average Bonchev–Trinajstić information content (AvgIpc) is 3.29. The number of anilines is 1. The first-order chi connectivity index (χ1) is 18.8. The summed E-state index contributed by atoms with van der Waals surface area (Å²) in [6, 6.07) is 4.47. The van der Waals surface area contributed by atoms with Gasteiger partial charge in [-0.3, -0.25) is 19.3 Å². The van der Waals surface area contributed by atoms with Crippen LogP contribution in [0.5, 0.6) is 5.75 Å². The number of aromatic hydroxyl groups is 1. The van der Waals surface area contributed by atoms with E-state index in [1.165, 1.54) is 16.2 Å². The third-order valence-electron chi connectivity index (χ3n) is 8.16. The number of aliphatic hydroxyl groups excluding tert-OH is 2. The van der Waals surface area contributed by atoms with Gasteiger partial charge in [0, 0.05) is 41.7 Å². The van der Waals surface area contributed by atoms with E-state index in [1.807, 2.05) is 37.2 Å². The Morgan fingerprint density at radius 2 is 1.85 bits per heavy atom. The number of carbonyl (C=O) groups is 3. The molecule has 0 saturated heterocycles. The molecular weight excluding hydrogens is 651 g/mol. The molecule has 1 amide bonds. The quantitative estimate of drug-likeness (QED) is 0.210. The molecule has 0 spiro atoms. The van der Waals surface area contributed by atoms with E-state index in [4.69, 9.17) is 5.73 Å². The first-order valence-electron chi connectivity index (χ1n) is 12.4. The van der Waals surface area contributed by atoms with Gasteiger partial charge < -0.3 is 26.0 Å². The van der Waals surface area contributed by atoms with E-state index in [2.05, 4.69) is 27.8 Å². The Morgan fingerprint density at radius 1 is 1.18 bits per heavy atom. The zero-order valence-corrected chi connectivity index (χ0v) is 25.0. The van der Waals surface area contributed by atoms with Crippen molar-refractivity contribution in [3.63, 3.8) is 0 Å². The maximum Gasteiger partial charge on any atom is 0.255 e. The summed E-state index contributed by atoms with van der Waals surface area (Å²) in [5.41, 5.74) is 3.49. The lowest BCUT2D eigenvalue weighted by molar-refractivity contribution is -0.129. The first-order valence-corrected chi connectivity index (χ1v) is 14.3. The summed E-state index contributed by atoms with van der Waals surface area (Å²) in [4.78, 5) is 56.7. The molecule has 1 unspecified atom stereocenters. The highest BCUT2D eigenvalue weighted by atomic mass is 127. The number of hydrogen-bond acceptors (Lipinski definition) is 11. The van der Waals surface area contributed by atoms with Crippen LogP contribution in [0.2, 0.25) is 0 Å². The summed E-state index contributed by atoms with van der Waals surface area (Å²) < 4.78 is 0.980. The number of likely N-dealkylation sites (N-methyl/N-ethyl adjacent to an activating group) is 1. The molecule has 3 aliphatic carbocycles. The number of allylic oxidation sites excluding steroid dienone is 1. The van der Waals surface area contributed by atoms with Gasteiger partial charge in [0.15, 0.2) is 5.78 Å². The minimum Gasteiger partial charge on any atom is -0.510 e. The average molecular weight is 679 g/mol. The van der Waals surface area contributed by atoms with Crippen LogP contribution < -0.4 is 10.6 Å². The van der Waals surface area contributed by atoms with Crippen LogP contribution >= 0.6 is 33.9 Å². The zero-order chi connectivity index (χ0) is 29.4. The number of benzene rings is 1. The van der Waals surface area contributed by atoms with E-state index in [9.17, 15) is 34.6 Å². The summed E-state index contributed by atoms with van der Waals surface area (Å²) in [6.07, 6.45) is 0.218. The number of nitrogens with zero attached hydrogens (tertiary/aromatic N) is 3. The summed E-state index contributed by atoms with van der Waals surface area (Å²) in [5.74, 6) is -6.76. The van der Waals surface area contributed by atoms with Crippen LogP contribution in [0, 0.1) is 19.6 Å². The number of Topliss-reactive ketones (excluding diaryl/α,β-unsaturated/α-hetero) is 2. The number of primary amides is 1. The lowest BCUT2D eigenvalue weighted by Gasteiger charge is -2.49. The number of hydrogen-bond donors (Lipinski definition) is 4. The van der Waals surface area contributed by atoms with Gasteiger partial charge >= 0.3 is 0 Å². The second kappa shape index (κ2) is 9.66. The number of nitroso groups, excluding NO2 is 1. The number of phenols is 1. The van der Waals surface area contributed by atoms with Crippen molar-refractivity contribution in [3.8, 4) is 16.2 Å². The molecule has 13 heteroatoms. The molecule has 11 nitrogen and oxygen atoms in total. The van der Waals surface area contributed by atoms with Crippen molar-refractivity contribution in [2.45, 2.75) is 24.4 Å². The van der Waals surface area contributed by atoms with Gasteiger partial charge in [0.2, 0.25) is 11.3 Å². The van der Waals surface area contributed by atoms with E-state index in [1.54, 1.807) is 14.1 Å². The van der Waals surface area contributed by atoms with Gasteiger partial charge in [0.1, 0.15) is 22.8 Å². The van der Waals surface area contributed by atoms with Gasteiger partial charge in [-0.1, -0.05) is 0 Å². The maximum atomic E-state index is 14.2. The largest absolute Gasteiger partial charge is 0.510 e. The molecule has 5 rings (SSSR count). The standard InChI is InChI=1S/C27H27IN4O7S/c1-31(2)14-9-12(15-5-6-16(28)40-15)21(33)18-11(14)7-10-8-13-20(32(3)4)23(35)19(26(29)38)25(37)27(13,30-39)24(36)17(10)22(18)34/h5-6,9-10,13,20,33,35-36H,7-8H2,1-4H3,(H2,29,38)/t10?,13-,20-,27-/m0/s1. The zero-order valence-electron chi connectivity index (χ0n) is 22.1. The van der Waals surface area contributed by atoms with Crippen LogP contribution in [-0.4, -0.2) is 77.5 Å². The number of amides is 1. The second-order valence-corrected chi connectivity index (χ2v) is 13.7. The van der Waals surface area contributed by atoms with Crippen molar-refractivity contribution in [1.82, 2.24) is 4.90 Å². The Labute approximate surface area is 247 Å². The van der Waals surface area contributed by atoms with Crippen molar-refractivity contribution in [2.75, 3.05) is 33.1 Å². The van der Waals surface area contributed by atoms with Gasteiger partial charge in [-0.25, -0.2) is 0 Å². The molecule has 3 aliphatic rings. The highest BCUT2D eigenvalue weighted by Gasteiger charge is 2.65. The maximum absolute atomic E-state index is 14.2. The summed E-state index contributed by atoms with van der Waals surface area (Å²) in [7, 11) is 6.80. The highest BCUT2D eigenvalue weighted by Crippen LogP contribution is 2.55. The molecule has 2 aromatic rings. The van der Waals surface area contributed by atoms with Gasteiger partial charge in [0.25, 0.3) is 5.91 Å². The van der Waals surface area contributed by atoms with E-state index in [-0.39, 0.29) is 29.7 Å². The Morgan fingerprint density at radius 3 is 2.38 bits per heavy atom. The van der Waals surface area contributed by atoms with Gasteiger partial charge in [0.05, 0.1) is 14.5 Å². The molecule has 210 valence electrons. The number of halogens is 1. The summed E-state index contributed by atoms with van der Waals surface area (Å²) in [6.45, 7) is 0. The Bertz CT molecular complexity index is 1580. The minimum atomic E-state index is -2.55. The smallest absolute Gasteiger partial charge is 0.255 e. The number of rotatable bonds is 5. The van der Waals surface area contributed by atoms with E-state index in [0.29, 0.717) is 16.8 Å². The molecule has 0 radical (unpaired) electrons. The molecule has 0 bridgehead atoms. The SMILES string of the molecule is CN(C)c1cc(-c2ccc(I)s2)c(O)c2c1CC1C[C@H]3[C@H](N(C)C)C(O)=C(C(N)=O)C(=O)[C@@]3(N=O)C(O)=C1C2=O. The number of nitrogens with two attached hydrogens (primary N) is 1. The fraction of sp³-hybridized carbons (Fsp3) is 0.370. The molecule has 1 aromatic carbocycles. The van der Waals surface area contributed by atoms with Gasteiger partial charge in [-0.05, 0) is 84.4 Å². The Hall–Kier alpha value is -3.30. The number of carbonyl (C=O) groups excluding carboxylic acids is 3. The number of phenolic OH excluding ortho intramolecular Hbond substituents is 1. The molecular formula is C27H27IN4O7S. The molecule has 40 heavy (non-hydrogen) atoms. The molecule has 4 atom stereocenters. The third-order valence-corrected chi connectivity index (χ3v) is 10.1. The third kappa shape index (κ3) is 3.74. The van der Waals surface area contributed by atoms with Gasteiger partial charge in [-0.15, -0.1) is 16.2 Å². The Kier molecular flexibility index (Phi) is 6.82. The summed E-state index contributed by atoms with van der Waals surface area (Å²) in [5, 5.41) is 37.1. The minimum absolute atomic E-state index is 0.0134. The fourth-order valence-electron chi connectivity index (χ4n) is 6.50. The van der Waals surface area contributed by atoms with E-state index < -0.39 is 58.0 Å². The lowest BCUT2D eigenvalue weighted by Crippen LogP contribution is -2.62. The molecule has 0 fully saturated rings. The normalized spacial score (nSPS) is 26.0. The van der Waals surface area contributed by atoms with Crippen LogP contribution in [0.15, 0.2) is 46.0 Å². The van der Waals surface area contributed by atoms with Crippen molar-refractivity contribution >= 4 is 57.1 Å². The number of ketones is 2. The Balaban J connectivity index is 1.79. The van der Waals surface area contributed by atoms with Crippen molar-refractivity contribution in [2.24, 2.45) is 22.7 Å². The topological polar surface area (TPSA) is 174 Å². The highest BCUT2D eigenvalue weighted by molar-refractivity contribution is 14.1. The molecule has 0 aliphatic heterocycles. The molecule has 1 heterocycles. The van der Waals surface area contributed by atoms with Crippen molar-refractivity contribution in [1.29, 1.82) is 0 Å².